The Morgan fingerprint density at radius 3 is 2.75 bits per heavy atom. The lowest BCUT2D eigenvalue weighted by atomic mass is 10.0. The number of nitrogens with zero attached hydrogens (tertiary/aromatic N) is 2. The first-order valence-corrected chi connectivity index (χ1v) is 6.86. The van der Waals surface area contributed by atoms with Gasteiger partial charge in [0.1, 0.15) is 5.75 Å². The van der Waals surface area contributed by atoms with Crippen LogP contribution in [0.2, 0.25) is 0 Å². The van der Waals surface area contributed by atoms with Crippen LogP contribution in [0, 0.1) is 6.92 Å². The van der Waals surface area contributed by atoms with Crippen LogP contribution in [0.25, 0.3) is 0 Å². The van der Waals surface area contributed by atoms with E-state index in [4.69, 9.17) is 4.74 Å². The molecule has 1 heterocycles. The molecular formula is C16H22N2O2. The van der Waals surface area contributed by atoms with Crippen LogP contribution in [-0.4, -0.2) is 21.8 Å². The van der Waals surface area contributed by atoms with Gasteiger partial charge in [-0.25, -0.2) is 4.98 Å². The van der Waals surface area contributed by atoms with Gasteiger partial charge in [-0.15, -0.1) is 0 Å². The summed E-state index contributed by atoms with van der Waals surface area (Å²) in [5, 5.41) is 10.5. The predicted octanol–water partition coefficient (Wildman–Crippen LogP) is 3.06. The van der Waals surface area contributed by atoms with Crippen LogP contribution >= 0.6 is 0 Å². The van der Waals surface area contributed by atoms with Gasteiger partial charge in [-0.1, -0.05) is 17.7 Å². The Balaban J connectivity index is 2.25. The summed E-state index contributed by atoms with van der Waals surface area (Å²) in [6.45, 7) is 6.18. The van der Waals surface area contributed by atoms with Crippen molar-refractivity contribution in [3.05, 3.63) is 47.5 Å². The summed E-state index contributed by atoms with van der Waals surface area (Å²) < 4.78 is 7.36. The molecule has 1 N–H and O–H groups in total. The van der Waals surface area contributed by atoms with E-state index in [2.05, 4.69) is 24.9 Å². The lowest BCUT2D eigenvalue weighted by molar-refractivity contribution is 0.166. The van der Waals surface area contributed by atoms with Crippen molar-refractivity contribution in [1.82, 2.24) is 9.55 Å². The summed E-state index contributed by atoms with van der Waals surface area (Å²) in [5.41, 5.74) is 3.01. The zero-order chi connectivity index (χ0) is 14.7. The molecule has 0 saturated carbocycles. The summed E-state index contributed by atoms with van der Waals surface area (Å²) in [6, 6.07) is 6.28. The Hall–Kier alpha value is -1.81. The largest absolute Gasteiger partial charge is 0.496 e. The number of aliphatic hydroxyl groups excluding tert-OH is 1. The van der Waals surface area contributed by atoms with Gasteiger partial charge >= 0.3 is 0 Å². The van der Waals surface area contributed by atoms with Crippen LogP contribution in [-0.2, 0) is 6.42 Å². The molecule has 20 heavy (non-hydrogen) atoms. The molecule has 0 bridgehead atoms. The number of benzene rings is 1. The number of aliphatic hydroxyl groups is 1. The van der Waals surface area contributed by atoms with E-state index >= 15 is 0 Å². The highest BCUT2D eigenvalue weighted by atomic mass is 16.5. The number of imidazole rings is 1. The molecule has 1 aromatic carbocycles. The number of rotatable bonds is 5. The molecule has 0 fully saturated rings. The van der Waals surface area contributed by atoms with Gasteiger partial charge in [-0.05, 0) is 32.4 Å². The monoisotopic (exact) mass is 274 g/mol. The molecule has 1 unspecified atom stereocenters. The second kappa shape index (κ2) is 6.09. The molecular weight excluding hydrogens is 252 g/mol. The number of aryl methyl sites for hydroxylation is 1. The van der Waals surface area contributed by atoms with Gasteiger partial charge in [-0.3, -0.25) is 0 Å². The van der Waals surface area contributed by atoms with E-state index in [-0.39, 0.29) is 6.04 Å². The summed E-state index contributed by atoms with van der Waals surface area (Å²) in [4.78, 5) is 4.14. The van der Waals surface area contributed by atoms with Crippen molar-refractivity contribution in [3.8, 4) is 5.75 Å². The van der Waals surface area contributed by atoms with Crippen LogP contribution in [0.1, 0.15) is 42.8 Å². The van der Waals surface area contributed by atoms with Crippen molar-refractivity contribution >= 4 is 0 Å². The summed E-state index contributed by atoms with van der Waals surface area (Å²) in [5.74, 6) is 0.810. The van der Waals surface area contributed by atoms with Gasteiger partial charge in [0.2, 0.25) is 0 Å². The van der Waals surface area contributed by atoms with E-state index in [9.17, 15) is 5.11 Å². The Labute approximate surface area is 120 Å². The Kier molecular flexibility index (Phi) is 4.45. The maximum atomic E-state index is 10.5. The van der Waals surface area contributed by atoms with Gasteiger partial charge in [0.05, 0.1) is 31.4 Å². The summed E-state index contributed by atoms with van der Waals surface area (Å²) >= 11 is 0. The maximum Gasteiger partial charge on any atom is 0.122 e. The fourth-order valence-corrected chi connectivity index (χ4v) is 2.38. The second-order valence-corrected chi connectivity index (χ2v) is 5.35. The fraction of sp³-hybridized carbons (Fsp3) is 0.438. The summed E-state index contributed by atoms with van der Waals surface area (Å²) in [6.07, 6.45) is 3.42. The molecule has 2 aromatic rings. The zero-order valence-corrected chi connectivity index (χ0v) is 12.5. The number of ether oxygens (including phenoxy) is 1. The van der Waals surface area contributed by atoms with Gasteiger partial charge < -0.3 is 14.4 Å². The maximum absolute atomic E-state index is 10.5. The van der Waals surface area contributed by atoms with E-state index < -0.39 is 6.10 Å². The Morgan fingerprint density at radius 2 is 2.10 bits per heavy atom. The first kappa shape index (κ1) is 14.6. The standard InChI is InChI=1S/C16H22N2O2/c1-11(2)18-10-17-9-14(18)15(19)8-13-7-12(3)5-6-16(13)20-4/h5-7,9-11,15,19H,8H2,1-4H3. The highest BCUT2D eigenvalue weighted by molar-refractivity contribution is 5.37. The molecule has 0 saturated heterocycles. The van der Waals surface area contributed by atoms with Crippen molar-refractivity contribution in [3.63, 3.8) is 0 Å². The highest BCUT2D eigenvalue weighted by Gasteiger charge is 2.17. The van der Waals surface area contributed by atoms with Gasteiger partial charge in [0.15, 0.2) is 0 Å². The summed E-state index contributed by atoms with van der Waals surface area (Å²) in [7, 11) is 1.65. The minimum atomic E-state index is -0.587. The van der Waals surface area contributed by atoms with E-state index in [0.717, 1.165) is 22.6 Å². The van der Waals surface area contributed by atoms with Gasteiger partial charge in [0.25, 0.3) is 0 Å². The minimum absolute atomic E-state index is 0.279. The fourth-order valence-electron chi connectivity index (χ4n) is 2.38. The van der Waals surface area contributed by atoms with Crippen LogP contribution < -0.4 is 4.74 Å². The molecule has 4 nitrogen and oxygen atoms in total. The molecule has 1 atom stereocenters. The lowest BCUT2D eigenvalue weighted by Crippen LogP contribution is -2.11. The first-order valence-electron chi connectivity index (χ1n) is 6.86. The zero-order valence-electron chi connectivity index (χ0n) is 12.5. The van der Waals surface area contributed by atoms with E-state index in [0.29, 0.717) is 6.42 Å². The molecule has 0 spiro atoms. The topological polar surface area (TPSA) is 47.3 Å². The smallest absolute Gasteiger partial charge is 0.122 e. The Bertz CT molecular complexity index is 576. The molecule has 2 rings (SSSR count). The van der Waals surface area contributed by atoms with E-state index in [1.54, 1.807) is 19.6 Å². The third-order valence-corrected chi connectivity index (χ3v) is 3.44. The third-order valence-electron chi connectivity index (χ3n) is 3.44. The van der Waals surface area contributed by atoms with Crippen molar-refractivity contribution < 1.29 is 9.84 Å². The van der Waals surface area contributed by atoms with Crippen molar-refractivity contribution in [2.75, 3.05) is 7.11 Å². The average molecular weight is 274 g/mol. The molecule has 0 amide bonds. The number of aromatic nitrogens is 2. The quantitative estimate of drug-likeness (QED) is 0.911. The van der Waals surface area contributed by atoms with Crippen LogP contribution in [0.3, 0.4) is 0 Å². The van der Waals surface area contributed by atoms with E-state index in [1.807, 2.05) is 23.6 Å². The average Bonchev–Trinajstić information content (AvgIpc) is 2.88. The van der Waals surface area contributed by atoms with Crippen molar-refractivity contribution in [2.24, 2.45) is 0 Å². The normalized spacial score (nSPS) is 12.7. The third kappa shape index (κ3) is 3.02. The van der Waals surface area contributed by atoms with Crippen LogP contribution in [0.5, 0.6) is 5.75 Å². The molecule has 0 aliphatic heterocycles. The predicted molar refractivity (Wildman–Crippen MR) is 79.0 cm³/mol. The van der Waals surface area contributed by atoms with E-state index in [1.165, 1.54) is 0 Å². The van der Waals surface area contributed by atoms with Crippen LogP contribution in [0.15, 0.2) is 30.7 Å². The number of hydrogen-bond donors (Lipinski definition) is 1. The molecule has 108 valence electrons. The highest BCUT2D eigenvalue weighted by Crippen LogP contribution is 2.27. The Morgan fingerprint density at radius 1 is 1.35 bits per heavy atom. The van der Waals surface area contributed by atoms with Gasteiger partial charge in [-0.2, -0.15) is 0 Å². The molecule has 0 aliphatic carbocycles. The number of methoxy groups -OCH3 is 1. The lowest BCUT2D eigenvalue weighted by Gasteiger charge is -2.18. The van der Waals surface area contributed by atoms with Crippen molar-refractivity contribution in [1.29, 1.82) is 0 Å². The molecule has 0 radical (unpaired) electrons. The molecule has 4 heteroatoms. The minimum Gasteiger partial charge on any atom is -0.496 e. The first-order chi connectivity index (χ1) is 9.52. The molecule has 0 aliphatic rings. The molecule has 1 aromatic heterocycles. The number of hydrogen-bond acceptors (Lipinski definition) is 3. The SMILES string of the molecule is COc1ccc(C)cc1CC(O)c1cncn1C(C)C. The van der Waals surface area contributed by atoms with Crippen molar-refractivity contribution in [2.45, 2.75) is 39.3 Å². The van der Waals surface area contributed by atoms with Gasteiger partial charge in [0, 0.05) is 12.5 Å². The second-order valence-electron chi connectivity index (χ2n) is 5.35. The van der Waals surface area contributed by atoms with Crippen LogP contribution in [0.4, 0.5) is 0 Å².